The number of carbonyl (C=O) groups is 1. The molecule has 0 unspecified atom stereocenters. The number of β-amino-alcohol motifs (C(OH)–C–C–N with tert-alkyl or cyclic N) is 1. The van der Waals surface area contributed by atoms with E-state index in [1.807, 2.05) is 26.0 Å². The highest BCUT2D eigenvalue weighted by Crippen LogP contribution is 2.31. The Hall–Kier alpha value is -1.81. The van der Waals surface area contributed by atoms with Gasteiger partial charge in [-0.1, -0.05) is 38.6 Å². The van der Waals surface area contributed by atoms with Crippen molar-refractivity contribution in [3.05, 3.63) is 42.5 Å². The minimum Gasteiger partial charge on any atom is -0.489 e. The summed E-state index contributed by atoms with van der Waals surface area (Å²) in [5, 5.41) is 10.2. The van der Waals surface area contributed by atoms with Crippen LogP contribution in [-0.2, 0) is 0 Å². The summed E-state index contributed by atoms with van der Waals surface area (Å²) in [6.45, 7) is 8.63. The van der Waals surface area contributed by atoms with E-state index in [4.69, 9.17) is 4.74 Å². The average Bonchev–Trinajstić information content (AvgIpc) is 2.41. The predicted octanol–water partition coefficient (Wildman–Crippen LogP) is 2.09. The molecule has 1 aliphatic heterocycles. The molecule has 4 heteroatoms. The van der Waals surface area contributed by atoms with E-state index in [1.54, 1.807) is 23.1 Å². The Morgan fingerprint density at radius 3 is 2.75 bits per heavy atom. The number of hydrogen-bond donors (Lipinski definition) is 1. The van der Waals surface area contributed by atoms with Crippen LogP contribution in [0.15, 0.2) is 36.9 Å². The van der Waals surface area contributed by atoms with Gasteiger partial charge < -0.3 is 14.7 Å². The molecule has 0 atom stereocenters. The van der Waals surface area contributed by atoms with Crippen LogP contribution < -0.4 is 4.74 Å². The minimum absolute atomic E-state index is 0.102. The van der Waals surface area contributed by atoms with Crippen LogP contribution in [0.5, 0.6) is 5.75 Å². The number of hydrogen-bond acceptors (Lipinski definition) is 3. The van der Waals surface area contributed by atoms with E-state index in [2.05, 4.69) is 6.58 Å². The van der Waals surface area contributed by atoms with Crippen LogP contribution in [0.4, 0.5) is 0 Å². The number of nitrogens with zero attached hydrogens (tertiary/aromatic N) is 1. The second-order valence-electron chi connectivity index (χ2n) is 5.52. The van der Waals surface area contributed by atoms with Crippen LogP contribution in [0.25, 0.3) is 0 Å². The second-order valence-corrected chi connectivity index (χ2v) is 5.52. The van der Waals surface area contributed by atoms with Crippen LogP contribution in [0.2, 0.25) is 0 Å². The molecule has 2 rings (SSSR count). The average molecular weight is 275 g/mol. The summed E-state index contributed by atoms with van der Waals surface area (Å²) in [5.41, 5.74) is -0.229. The summed E-state index contributed by atoms with van der Waals surface area (Å²) in [5.74, 6) is 0.589. The summed E-state index contributed by atoms with van der Waals surface area (Å²) >= 11 is 0. The maximum Gasteiger partial charge on any atom is 0.257 e. The van der Waals surface area contributed by atoms with Crippen molar-refractivity contribution in [2.24, 2.45) is 5.92 Å². The van der Waals surface area contributed by atoms with Crippen LogP contribution >= 0.6 is 0 Å². The van der Waals surface area contributed by atoms with Crippen LogP contribution in [0.3, 0.4) is 0 Å². The molecule has 1 aromatic carbocycles. The number of likely N-dealkylation sites (tertiary alicyclic amines) is 1. The number of ether oxygens (including phenoxy) is 1. The summed E-state index contributed by atoms with van der Waals surface area (Å²) in [7, 11) is 0. The Kier molecular flexibility index (Phi) is 4.14. The Morgan fingerprint density at radius 2 is 2.15 bits per heavy atom. The van der Waals surface area contributed by atoms with Gasteiger partial charge in [-0.05, 0) is 18.1 Å². The molecular formula is C16H21NO3. The number of para-hydroxylation sites is 1. The Morgan fingerprint density at radius 1 is 1.50 bits per heavy atom. The molecule has 1 fully saturated rings. The van der Waals surface area contributed by atoms with Gasteiger partial charge in [0.2, 0.25) is 0 Å². The summed E-state index contributed by atoms with van der Waals surface area (Å²) in [6, 6.07) is 7.15. The molecule has 1 aliphatic rings. The number of benzene rings is 1. The zero-order valence-electron chi connectivity index (χ0n) is 12.0. The third-order valence-corrected chi connectivity index (χ3v) is 3.77. The molecule has 0 bridgehead atoms. The number of aliphatic hydroxyl groups is 1. The lowest BCUT2D eigenvalue weighted by atomic mass is 9.82. The highest BCUT2D eigenvalue weighted by Gasteiger charge is 2.46. The van der Waals surface area contributed by atoms with Crippen molar-refractivity contribution in [3.8, 4) is 5.75 Å². The SMILES string of the molecule is C=CCOc1ccccc1C(=O)N1CC(O)(C(C)C)C1. The monoisotopic (exact) mass is 275 g/mol. The van der Waals surface area contributed by atoms with E-state index in [0.717, 1.165) is 0 Å². The highest BCUT2D eigenvalue weighted by atomic mass is 16.5. The van der Waals surface area contributed by atoms with E-state index >= 15 is 0 Å². The van der Waals surface area contributed by atoms with Gasteiger partial charge in [0.05, 0.1) is 18.7 Å². The first-order valence-electron chi connectivity index (χ1n) is 6.82. The van der Waals surface area contributed by atoms with Crippen LogP contribution in [0.1, 0.15) is 24.2 Å². The first kappa shape index (κ1) is 14.6. The molecule has 0 saturated carbocycles. The van der Waals surface area contributed by atoms with Crippen molar-refractivity contribution in [2.75, 3.05) is 19.7 Å². The fourth-order valence-electron chi connectivity index (χ4n) is 2.21. The quantitative estimate of drug-likeness (QED) is 0.837. The van der Waals surface area contributed by atoms with Gasteiger partial charge in [-0.25, -0.2) is 0 Å². The van der Waals surface area contributed by atoms with Crippen molar-refractivity contribution < 1.29 is 14.6 Å². The standard InChI is InChI=1S/C16H21NO3/c1-4-9-20-14-8-6-5-7-13(14)15(18)17-10-16(19,11-17)12(2)3/h4-8,12,19H,1,9-11H2,2-3H3. The topological polar surface area (TPSA) is 49.8 Å². The second kappa shape index (κ2) is 5.67. The fraction of sp³-hybridized carbons (Fsp3) is 0.438. The lowest BCUT2D eigenvalue weighted by Crippen LogP contribution is -2.65. The Balaban J connectivity index is 2.09. The van der Waals surface area contributed by atoms with Crippen molar-refractivity contribution >= 4 is 5.91 Å². The van der Waals surface area contributed by atoms with Crippen molar-refractivity contribution in [1.82, 2.24) is 4.90 Å². The maximum atomic E-state index is 12.4. The van der Waals surface area contributed by atoms with Gasteiger partial charge in [0.1, 0.15) is 18.0 Å². The third-order valence-electron chi connectivity index (χ3n) is 3.77. The zero-order valence-corrected chi connectivity index (χ0v) is 12.0. The molecule has 1 saturated heterocycles. The van der Waals surface area contributed by atoms with Crippen molar-refractivity contribution in [3.63, 3.8) is 0 Å². The van der Waals surface area contributed by atoms with Crippen molar-refractivity contribution in [1.29, 1.82) is 0 Å². The van der Waals surface area contributed by atoms with E-state index in [1.165, 1.54) is 0 Å². The smallest absolute Gasteiger partial charge is 0.257 e. The predicted molar refractivity (Wildman–Crippen MR) is 77.8 cm³/mol. The largest absolute Gasteiger partial charge is 0.489 e. The lowest BCUT2D eigenvalue weighted by Gasteiger charge is -2.49. The third kappa shape index (κ3) is 2.70. The molecular weight excluding hydrogens is 254 g/mol. The number of carbonyl (C=O) groups excluding carboxylic acids is 1. The molecule has 20 heavy (non-hydrogen) atoms. The van der Waals surface area contributed by atoms with Crippen LogP contribution in [-0.4, -0.2) is 41.2 Å². The highest BCUT2D eigenvalue weighted by molar-refractivity contribution is 5.97. The molecule has 0 aliphatic carbocycles. The normalized spacial score (nSPS) is 16.7. The first-order chi connectivity index (χ1) is 9.48. The summed E-state index contributed by atoms with van der Waals surface area (Å²) < 4.78 is 5.50. The summed E-state index contributed by atoms with van der Waals surface area (Å²) in [4.78, 5) is 14.1. The molecule has 1 N–H and O–H groups in total. The molecule has 0 radical (unpaired) electrons. The molecule has 1 aromatic rings. The number of amides is 1. The van der Waals surface area contributed by atoms with Crippen LogP contribution in [0, 0.1) is 5.92 Å². The van der Waals surface area contributed by atoms with Gasteiger partial charge in [-0.15, -0.1) is 0 Å². The molecule has 1 heterocycles. The molecule has 0 aromatic heterocycles. The van der Waals surface area contributed by atoms with E-state index in [0.29, 0.717) is 31.0 Å². The minimum atomic E-state index is -0.757. The molecule has 0 spiro atoms. The first-order valence-corrected chi connectivity index (χ1v) is 6.82. The fourth-order valence-corrected chi connectivity index (χ4v) is 2.21. The van der Waals surface area contributed by atoms with E-state index < -0.39 is 5.60 Å². The van der Waals surface area contributed by atoms with Gasteiger partial charge in [-0.2, -0.15) is 0 Å². The lowest BCUT2D eigenvalue weighted by molar-refractivity contribution is -0.110. The maximum absolute atomic E-state index is 12.4. The van der Waals surface area contributed by atoms with Gasteiger partial charge >= 0.3 is 0 Å². The molecule has 1 amide bonds. The van der Waals surface area contributed by atoms with Crippen molar-refractivity contribution in [2.45, 2.75) is 19.4 Å². The number of rotatable bonds is 5. The Bertz CT molecular complexity index is 504. The summed E-state index contributed by atoms with van der Waals surface area (Å²) in [6.07, 6.45) is 1.64. The van der Waals surface area contributed by atoms with Gasteiger partial charge in [0.15, 0.2) is 0 Å². The molecule has 4 nitrogen and oxygen atoms in total. The Labute approximate surface area is 119 Å². The van der Waals surface area contributed by atoms with Gasteiger partial charge in [0.25, 0.3) is 5.91 Å². The molecule has 108 valence electrons. The van der Waals surface area contributed by atoms with E-state index in [-0.39, 0.29) is 11.8 Å². The van der Waals surface area contributed by atoms with E-state index in [9.17, 15) is 9.90 Å². The van der Waals surface area contributed by atoms with Gasteiger partial charge in [-0.3, -0.25) is 4.79 Å². The zero-order chi connectivity index (χ0) is 14.8. The van der Waals surface area contributed by atoms with Gasteiger partial charge in [0, 0.05) is 0 Å².